The van der Waals surface area contributed by atoms with Gasteiger partial charge in [0.1, 0.15) is 12.0 Å². The van der Waals surface area contributed by atoms with Crippen molar-refractivity contribution in [2.75, 3.05) is 20.1 Å². The highest BCUT2D eigenvalue weighted by Crippen LogP contribution is 1.98. The van der Waals surface area contributed by atoms with E-state index in [9.17, 15) is 19.2 Å². The minimum atomic E-state index is -0.822. The van der Waals surface area contributed by atoms with Crippen molar-refractivity contribution < 1.29 is 24.3 Å². The van der Waals surface area contributed by atoms with Crippen molar-refractivity contribution in [1.29, 1.82) is 0 Å². The Balaban J connectivity index is -0.000000241. The first-order chi connectivity index (χ1) is 13.3. The van der Waals surface area contributed by atoms with Crippen molar-refractivity contribution in [2.24, 2.45) is 5.73 Å². The first-order valence-corrected chi connectivity index (χ1v) is 9.64. The summed E-state index contributed by atoms with van der Waals surface area (Å²) < 4.78 is 0. The number of carbonyl (C=O) groups is 4. The number of allylic oxidation sites excluding steroid dienone is 1. The minimum Gasteiger partial charge on any atom is -0.480 e. The van der Waals surface area contributed by atoms with Crippen molar-refractivity contribution in [3.63, 3.8) is 0 Å². The van der Waals surface area contributed by atoms with E-state index in [1.807, 2.05) is 27.7 Å². The van der Waals surface area contributed by atoms with Gasteiger partial charge in [0, 0.05) is 6.42 Å². The average Bonchev–Trinajstić information content (AvgIpc) is 2.70. The average molecular weight is 405 g/mol. The van der Waals surface area contributed by atoms with E-state index in [4.69, 9.17) is 10.8 Å². The Kier molecular flexibility index (Phi) is 32.1. The van der Waals surface area contributed by atoms with Crippen LogP contribution in [0.15, 0.2) is 11.8 Å². The van der Waals surface area contributed by atoms with Crippen LogP contribution in [0.25, 0.3) is 0 Å². The van der Waals surface area contributed by atoms with Crippen LogP contribution < -0.4 is 21.7 Å². The van der Waals surface area contributed by atoms with Crippen molar-refractivity contribution in [2.45, 2.75) is 66.8 Å². The largest absolute Gasteiger partial charge is 0.480 e. The van der Waals surface area contributed by atoms with Gasteiger partial charge < -0.3 is 31.6 Å². The molecule has 1 unspecified atom stereocenters. The van der Waals surface area contributed by atoms with Gasteiger partial charge in [-0.3, -0.25) is 14.4 Å². The Bertz CT molecular complexity index is 440. The van der Waals surface area contributed by atoms with Gasteiger partial charge in [-0.2, -0.15) is 0 Å². The van der Waals surface area contributed by atoms with Crippen LogP contribution in [-0.2, 0) is 19.2 Å². The lowest BCUT2D eigenvalue weighted by Gasteiger charge is -2.11. The maximum absolute atomic E-state index is 11.8. The van der Waals surface area contributed by atoms with E-state index >= 15 is 0 Å². The molecule has 0 fully saturated rings. The zero-order chi connectivity index (χ0) is 23.0. The number of hydrogen-bond acceptors (Lipinski definition) is 6. The van der Waals surface area contributed by atoms with Gasteiger partial charge >= 0.3 is 5.97 Å². The number of likely N-dealkylation sites (N-methyl/N-ethyl adjacent to an activating group) is 1. The molecule has 9 nitrogen and oxygen atoms in total. The number of aldehydes is 1. The molecule has 0 aromatic rings. The summed E-state index contributed by atoms with van der Waals surface area (Å²) in [5.41, 5.74) is 5.53. The smallest absolute Gasteiger partial charge is 0.317 e. The Hall–Kier alpha value is -2.26. The summed E-state index contributed by atoms with van der Waals surface area (Å²) >= 11 is 0. The van der Waals surface area contributed by atoms with Crippen LogP contribution in [0.4, 0.5) is 0 Å². The van der Waals surface area contributed by atoms with Gasteiger partial charge in [-0.1, -0.05) is 40.7 Å². The van der Waals surface area contributed by atoms with Gasteiger partial charge in [-0.05, 0) is 33.4 Å². The molecule has 0 aromatic carbocycles. The molecule has 9 heteroatoms. The van der Waals surface area contributed by atoms with E-state index in [-0.39, 0.29) is 24.6 Å². The number of carboxylic acid groups (broad SMARTS) is 1. The van der Waals surface area contributed by atoms with E-state index in [0.29, 0.717) is 19.3 Å². The van der Waals surface area contributed by atoms with Gasteiger partial charge in [0.25, 0.3) is 5.91 Å². The molecule has 0 bridgehead atoms. The maximum Gasteiger partial charge on any atom is 0.317 e. The fourth-order valence-electron chi connectivity index (χ4n) is 1.27. The van der Waals surface area contributed by atoms with Gasteiger partial charge in [0.2, 0.25) is 5.91 Å². The molecule has 0 aliphatic carbocycles. The van der Waals surface area contributed by atoms with Crippen LogP contribution in [-0.4, -0.2) is 55.4 Å². The fraction of sp³-hybridized carbons (Fsp3) is 0.684. The number of unbranched alkanes of at least 4 members (excludes halogenated alkanes) is 1. The molecule has 0 saturated heterocycles. The van der Waals surface area contributed by atoms with Crippen LogP contribution in [0.2, 0.25) is 0 Å². The quantitative estimate of drug-likeness (QED) is 0.208. The van der Waals surface area contributed by atoms with Crippen molar-refractivity contribution in [3.8, 4) is 0 Å². The normalized spacial score (nSPS) is 10.4. The molecular formula is C19H40N4O5. The second-order valence-electron chi connectivity index (χ2n) is 4.77. The number of amides is 2. The summed E-state index contributed by atoms with van der Waals surface area (Å²) in [5, 5.41) is 15.3. The van der Waals surface area contributed by atoms with Crippen LogP contribution >= 0.6 is 0 Å². The molecule has 0 aromatic heterocycles. The fourth-order valence-corrected chi connectivity index (χ4v) is 1.27. The highest BCUT2D eigenvalue weighted by atomic mass is 16.4. The molecule has 0 spiro atoms. The standard InChI is InChI=1S/C12H21N3O3.C3H7NO2.2C2H6/c1-3-11(17)15-10(6-4-5-7-13)12(18)14-9(2)8-16;1-4-2-3(5)6;2*1-2/h6,8-9H,3-5,7,13H2,1-2H3,(H,14,18)(H,15,17);4H,2H2,1H3,(H,5,6);2*1-2H3/b10-6+;;;. The number of hydrogen-bond donors (Lipinski definition) is 5. The zero-order valence-electron chi connectivity index (χ0n) is 18.4. The SMILES string of the molecule is CC.CC.CCC(=O)N/C(=C/CCCN)C(=O)NC(C)C=O.CNCC(=O)O. The predicted molar refractivity (Wildman–Crippen MR) is 113 cm³/mol. The van der Waals surface area contributed by atoms with Crippen LogP contribution in [0.3, 0.4) is 0 Å². The molecule has 0 aliphatic rings. The molecule has 28 heavy (non-hydrogen) atoms. The highest BCUT2D eigenvalue weighted by molar-refractivity contribution is 5.98. The summed E-state index contributed by atoms with van der Waals surface area (Å²) in [6.45, 7) is 11.8. The first kappa shape index (κ1) is 33.3. The molecule has 166 valence electrons. The van der Waals surface area contributed by atoms with E-state index in [0.717, 1.165) is 6.42 Å². The van der Waals surface area contributed by atoms with Crippen LogP contribution in [0, 0.1) is 0 Å². The second kappa shape index (κ2) is 27.0. The molecule has 0 saturated carbocycles. The molecule has 6 N–H and O–H groups in total. The molecular weight excluding hydrogens is 364 g/mol. The van der Waals surface area contributed by atoms with E-state index in [1.54, 1.807) is 27.0 Å². The van der Waals surface area contributed by atoms with E-state index in [1.165, 1.54) is 0 Å². The highest BCUT2D eigenvalue weighted by Gasteiger charge is 2.13. The third kappa shape index (κ3) is 26.0. The minimum absolute atomic E-state index is 0.0417. The topological polar surface area (TPSA) is 151 Å². The van der Waals surface area contributed by atoms with Gasteiger partial charge in [-0.25, -0.2) is 0 Å². The predicted octanol–water partition coefficient (Wildman–Crippen LogP) is 1.18. The van der Waals surface area contributed by atoms with E-state index < -0.39 is 17.9 Å². The number of nitrogens with one attached hydrogen (secondary N) is 3. The van der Waals surface area contributed by atoms with Gasteiger partial charge in [-0.15, -0.1) is 0 Å². The lowest BCUT2D eigenvalue weighted by Crippen LogP contribution is -2.39. The maximum atomic E-state index is 11.8. The number of carboxylic acids is 1. The summed E-state index contributed by atoms with van der Waals surface area (Å²) in [5.74, 6) is -1.53. The Morgan fingerprint density at radius 3 is 2.00 bits per heavy atom. The second-order valence-corrected chi connectivity index (χ2v) is 4.77. The summed E-state index contributed by atoms with van der Waals surface area (Å²) in [6.07, 6.45) is 3.84. The van der Waals surface area contributed by atoms with Crippen molar-refractivity contribution in [1.82, 2.24) is 16.0 Å². The van der Waals surface area contributed by atoms with Crippen molar-refractivity contribution >= 4 is 24.1 Å². The summed E-state index contributed by atoms with van der Waals surface area (Å²) in [6, 6.07) is -0.589. The molecule has 2 amide bonds. The van der Waals surface area contributed by atoms with Gasteiger partial charge in [0.05, 0.1) is 12.6 Å². The molecule has 1 atom stereocenters. The number of aliphatic carboxylic acids is 1. The van der Waals surface area contributed by atoms with E-state index in [2.05, 4.69) is 16.0 Å². The number of carbonyl (C=O) groups excluding carboxylic acids is 3. The Labute approximate surface area is 169 Å². The monoisotopic (exact) mass is 404 g/mol. The summed E-state index contributed by atoms with van der Waals surface area (Å²) in [7, 11) is 1.59. The molecule has 0 rings (SSSR count). The van der Waals surface area contributed by atoms with Crippen LogP contribution in [0.5, 0.6) is 0 Å². The number of rotatable bonds is 10. The lowest BCUT2D eigenvalue weighted by molar-refractivity contribution is -0.135. The zero-order valence-corrected chi connectivity index (χ0v) is 18.4. The van der Waals surface area contributed by atoms with Gasteiger partial charge in [0.15, 0.2) is 0 Å². The lowest BCUT2D eigenvalue weighted by atomic mass is 10.2. The Morgan fingerprint density at radius 2 is 1.68 bits per heavy atom. The molecule has 0 radical (unpaired) electrons. The molecule has 0 aliphatic heterocycles. The molecule has 0 heterocycles. The third-order valence-electron chi connectivity index (χ3n) is 2.49. The van der Waals surface area contributed by atoms with Crippen LogP contribution in [0.1, 0.15) is 60.8 Å². The Morgan fingerprint density at radius 1 is 1.14 bits per heavy atom. The van der Waals surface area contributed by atoms with Crippen molar-refractivity contribution in [3.05, 3.63) is 11.8 Å². The summed E-state index contributed by atoms with van der Waals surface area (Å²) in [4.78, 5) is 43.1. The number of nitrogens with two attached hydrogens (primary N) is 1. The first-order valence-electron chi connectivity index (χ1n) is 9.64. The third-order valence-corrected chi connectivity index (χ3v) is 2.49.